The Balaban J connectivity index is 2.07. The number of hydrogen-bond acceptors (Lipinski definition) is 4. The first-order valence-electron chi connectivity index (χ1n) is 6.15. The molecule has 0 saturated carbocycles. The third-order valence-corrected chi connectivity index (χ3v) is 3.26. The molecular weight excluding hydrogens is 310 g/mol. The SMILES string of the molecule is N#Cc1cc2cc(F)ncc2nc1Nc1ccc(F)c(Cl)c1. The first kappa shape index (κ1) is 14.2. The van der Waals surface area contributed by atoms with Crippen molar-refractivity contribution in [2.45, 2.75) is 0 Å². The molecule has 0 bridgehead atoms. The van der Waals surface area contributed by atoms with Crippen LogP contribution in [0.2, 0.25) is 5.02 Å². The molecule has 3 aromatic rings. The van der Waals surface area contributed by atoms with Crippen LogP contribution >= 0.6 is 11.6 Å². The number of pyridine rings is 2. The van der Waals surface area contributed by atoms with Crippen molar-refractivity contribution in [2.75, 3.05) is 5.32 Å². The van der Waals surface area contributed by atoms with Gasteiger partial charge in [-0.05, 0) is 24.3 Å². The predicted octanol–water partition coefficient (Wildman–Crippen LogP) is 4.18. The molecule has 3 rings (SSSR count). The zero-order chi connectivity index (χ0) is 15.7. The third kappa shape index (κ3) is 2.67. The van der Waals surface area contributed by atoms with Gasteiger partial charge in [0.2, 0.25) is 5.95 Å². The Morgan fingerprint density at radius 1 is 1.18 bits per heavy atom. The standard InChI is InChI=1S/C15H7ClF2N4/c16-11-5-10(1-2-12(11)17)21-15-9(6-19)3-8-4-14(18)20-7-13(8)22-15/h1-5,7H,(H,21,22). The van der Waals surface area contributed by atoms with Crippen LogP contribution in [0.4, 0.5) is 20.3 Å². The lowest BCUT2D eigenvalue weighted by Crippen LogP contribution is -1.99. The van der Waals surface area contributed by atoms with Crippen LogP contribution in [0.5, 0.6) is 0 Å². The maximum absolute atomic E-state index is 13.2. The van der Waals surface area contributed by atoms with Crippen molar-refractivity contribution in [1.82, 2.24) is 9.97 Å². The lowest BCUT2D eigenvalue weighted by molar-refractivity contribution is 0.586. The maximum Gasteiger partial charge on any atom is 0.213 e. The molecule has 0 spiro atoms. The molecule has 0 aliphatic heterocycles. The van der Waals surface area contributed by atoms with Crippen molar-refractivity contribution in [3.05, 3.63) is 58.9 Å². The summed E-state index contributed by atoms with van der Waals surface area (Å²) in [6.45, 7) is 0. The first-order valence-corrected chi connectivity index (χ1v) is 6.53. The molecule has 0 atom stereocenters. The summed E-state index contributed by atoms with van der Waals surface area (Å²) in [5.74, 6) is -0.936. The molecule has 0 unspecified atom stereocenters. The van der Waals surface area contributed by atoms with Crippen LogP contribution in [0.3, 0.4) is 0 Å². The number of nitrogens with one attached hydrogen (secondary N) is 1. The number of hydrogen-bond donors (Lipinski definition) is 1. The van der Waals surface area contributed by atoms with E-state index < -0.39 is 11.8 Å². The van der Waals surface area contributed by atoms with Crippen LogP contribution in [0.1, 0.15) is 5.56 Å². The van der Waals surface area contributed by atoms with E-state index in [1.165, 1.54) is 36.5 Å². The quantitative estimate of drug-likeness (QED) is 0.721. The first-order chi connectivity index (χ1) is 10.6. The van der Waals surface area contributed by atoms with Gasteiger partial charge in [-0.25, -0.2) is 14.4 Å². The smallest absolute Gasteiger partial charge is 0.213 e. The van der Waals surface area contributed by atoms with E-state index >= 15 is 0 Å². The van der Waals surface area contributed by atoms with Crippen LogP contribution in [0.25, 0.3) is 10.9 Å². The summed E-state index contributed by atoms with van der Waals surface area (Å²) < 4.78 is 26.3. The van der Waals surface area contributed by atoms with E-state index in [1.54, 1.807) is 0 Å². The van der Waals surface area contributed by atoms with E-state index in [9.17, 15) is 14.0 Å². The highest BCUT2D eigenvalue weighted by Gasteiger charge is 2.09. The van der Waals surface area contributed by atoms with Gasteiger partial charge in [-0.2, -0.15) is 9.65 Å². The number of halogens is 3. The Labute approximate surface area is 129 Å². The van der Waals surface area contributed by atoms with E-state index in [-0.39, 0.29) is 16.4 Å². The largest absolute Gasteiger partial charge is 0.339 e. The van der Waals surface area contributed by atoms with E-state index in [1.807, 2.05) is 6.07 Å². The fourth-order valence-electron chi connectivity index (χ4n) is 1.94. The number of rotatable bonds is 2. The van der Waals surface area contributed by atoms with Crippen LogP contribution in [0.15, 0.2) is 36.5 Å². The van der Waals surface area contributed by atoms with E-state index in [0.29, 0.717) is 16.6 Å². The van der Waals surface area contributed by atoms with Gasteiger partial charge in [0.15, 0.2) is 0 Å². The summed E-state index contributed by atoms with van der Waals surface area (Å²) in [4.78, 5) is 7.76. The minimum absolute atomic E-state index is 0.0481. The van der Waals surface area contributed by atoms with Crippen molar-refractivity contribution in [3.8, 4) is 6.07 Å². The number of fused-ring (bicyclic) bond motifs is 1. The molecule has 0 radical (unpaired) electrons. The van der Waals surface area contributed by atoms with E-state index in [2.05, 4.69) is 15.3 Å². The number of benzene rings is 1. The van der Waals surface area contributed by atoms with Crippen molar-refractivity contribution in [2.24, 2.45) is 0 Å². The van der Waals surface area contributed by atoms with Gasteiger partial charge in [-0.1, -0.05) is 11.6 Å². The molecule has 0 saturated heterocycles. The number of nitriles is 1. The summed E-state index contributed by atoms with van der Waals surface area (Å²) in [7, 11) is 0. The van der Waals surface area contributed by atoms with Crippen LogP contribution < -0.4 is 5.32 Å². The van der Waals surface area contributed by atoms with Gasteiger partial charge >= 0.3 is 0 Å². The molecule has 4 nitrogen and oxygen atoms in total. The van der Waals surface area contributed by atoms with Crippen LogP contribution in [0, 0.1) is 23.1 Å². The number of anilines is 2. The Morgan fingerprint density at radius 2 is 2.00 bits per heavy atom. The van der Waals surface area contributed by atoms with Gasteiger partial charge in [0.05, 0.1) is 22.3 Å². The number of aromatic nitrogens is 2. The van der Waals surface area contributed by atoms with Crippen LogP contribution in [-0.4, -0.2) is 9.97 Å². The molecule has 1 N–H and O–H groups in total. The Bertz CT molecular complexity index is 921. The summed E-state index contributed by atoms with van der Waals surface area (Å²) in [6.07, 6.45) is 1.27. The average Bonchev–Trinajstić information content (AvgIpc) is 2.50. The van der Waals surface area contributed by atoms with Crippen LogP contribution in [-0.2, 0) is 0 Å². The average molecular weight is 317 g/mol. The second-order valence-electron chi connectivity index (χ2n) is 4.45. The number of nitrogens with zero attached hydrogens (tertiary/aromatic N) is 3. The topological polar surface area (TPSA) is 61.6 Å². The molecule has 108 valence electrons. The normalized spacial score (nSPS) is 10.5. The minimum Gasteiger partial charge on any atom is -0.339 e. The van der Waals surface area contributed by atoms with E-state index in [0.717, 1.165) is 0 Å². The molecule has 0 fully saturated rings. The maximum atomic E-state index is 13.2. The van der Waals surface area contributed by atoms with Crippen molar-refractivity contribution in [3.63, 3.8) is 0 Å². The molecule has 1 aromatic carbocycles. The van der Waals surface area contributed by atoms with Crippen molar-refractivity contribution in [1.29, 1.82) is 5.26 Å². The molecular formula is C15H7ClF2N4. The minimum atomic E-state index is -0.649. The van der Waals surface area contributed by atoms with Gasteiger partial charge in [0.25, 0.3) is 0 Å². The highest BCUT2D eigenvalue weighted by molar-refractivity contribution is 6.31. The van der Waals surface area contributed by atoms with Crippen molar-refractivity contribution >= 4 is 34.0 Å². The molecule has 2 heterocycles. The van der Waals surface area contributed by atoms with Gasteiger partial charge in [0.1, 0.15) is 17.7 Å². The van der Waals surface area contributed by atoms with Crippen molar-refractivity contribution < 1.29 is 8.78 Å². The molecule has 0 aliphatic carbocycles. The predicted molar refractivity (Wildman–Crippen MR) is 78.9 cm³/mol. The summed E-state index contributed by atoms with van der Waals surface area (Å²) in [5, 5.41) is 12.5. The van der Waals surface area contributed by atoms with E-state index in [4.69, 9.17) is 11.6 Å². The van der Waals surface area contributed by atoms with Gasteiger partial charge < -0.3 is 5.32 Å². The molecule has 7 heteroatoms. The lowest BCUT2D eigenvalue weighted by Gasteiger charge is -2.09. The highest BCUT2D eigenvalue weighted by atomic mass is 35.5. The molecule has 22 heavy (non-hydrogen) atoms. The zero-order valence-corrected chi connectivity index (χ0v) is 11.7. The van der Waals surface area contributed by atoms with Gasteiger partial charge in [-0.15, -0.1) is 0 Å². The summed E-state index contributed by atoms with van der Waals surface area (Å²) >= 11 is 5.71. The van der Waals surface area contributed by atoms with Gasteiger partial charge in [0, 0.05) is 17.1 Å². The molecule has 0 amide bonds. The second-order valence-corrected chi connectivity index (χ2v) is 4.86. The molecule has 0 aliphatic rings. The summed E-state index contributed by atoms with van der Waals surface area (Å²) in [5.41, 5.74) is 1.12. The second kappa shape index (κ2) is 5.54. The Hall–Kier alpha value is -2.78. The highest BCUT2D eigenvalue weighted by Crippen LogP contribution is 2.25. The van der Waals surface area contributed by atoms with Gasteiger partial charge in [-0.3, -0.25) is 0 Å². The lowest BCUT2D eigenvalue weighted by atomic mass is 10.2. The monoisotopic (exact) mass is 316 g/mol. The summed E-state index contributed by atoms with van der Waals surface area (Å²) in [6, 6.07) is 8.73. The Morgan fingerprint density at radius 3 is 2.73 bits per heavy atom. The fourth-order valence-corrected chi connectivity index (χ4v) is 2.12. The zero-order valence-electron chi connectivity index (χ0n) is 10.9. The fraction of sp³-hybridized carbons (Fsp3) is 0. The molecule has 2 aromatic heterocycles. The third-order valence-electron chi connectivity index (χ3n) is 2.97. The Kier molecular flexibility index (Phi) is 3.57.